The summed E-state index contributed by atoms with van der Waals surface area (Å²) in [6.45, 7) is 3.46. The van der Waals surface area contributed by atoms with E-state index < -0.39 is 23.9 Å². The molecular formula is C31H29ClFN5O5. The minimum absolute atomic E-state index is 0.0552. The van der Waals surface area contributed by atoms with Crippen molar-refractivity contribution in [2.24, 2.45) is 5.92 Å². The van der Waals surface area contributed by atoms with Crippen LogP contribution in [0.5, 0.6) is 0 Å². The number of amides is 3. The number of nitrogens with one attached hydrogen (secondary N) is 3. The third-order valence-corrected chi connectivity index (χ3v) is 7.67. The maximum Gasteiger partial charge on any atom is 0.411 e. The molecule has 2 bridgehead atoms. The zero-order chi connectivity index (χ0) is 30.7. The zero-order valence-corrected chi connectivity index (χ0v) is 24.4. The molecule has 2 aromatic heterocycles. The summed E-state index contributed by atoms with van der Waals surface area (Å²) >= 11 is 5.94. The molecule has 0 unspecified atom stereocenters. The molecular weight excluding hydrogens is 577 g/mol. The normalized spacial score (nSPS) is 16.6. The Labute approximate surface area is 252 Å². The summed E-state index contributed by atoms with van der Waals surface area (Å²) in [6, 6.07) is 12.8. The molecule has 1 aliphatic rings. The van der Waals surface area contributed by atoms with Crippen LogP contribution in [0.25, 0.3) is 22.4 Å². The van der Waals surface area contributed by atoms with Gasteiger partial charge in [-0.1, -0.05) is 42.2 Å². The smallest absolute Gasteiger partial charge is 0.411 e. The van der Waals surface area contributed by atoms with E-state index in [1.165, 1.54) is 19.2 Å². The number of hydrogen-bond acceptors (Lipinski definition) is 7. The number of ether oxygens (including phenoxy) is 1. The Morgan fingerprint density at radius 3 is 2.74 bits per heavy atom. The Kier molecular flexibility index (Phi) is 8.72. The third kappa shape index (κ3) is 6.36. The number of benzene rings is 2. The van der Waals surface area contributed by atoms with Gasteiger partial charge in [0.2, 0.25) is 11.7 Å². The quantitative estimate of drug-likeness (QED) is 0.230. The molecule has 0 aliphatic carbocycles. The van der Waals surface area contributed by atoms with Gasteiger partial charge in [-0.05, 0) is 61.7 Å². The highest BCUT2D eigenvalue weighted by molar-refractivity contribution is 6.31. The molecule has 2 aromatic carbocycles. The molecule has 4 aromatic rings. The molecule has 3 heterocycles. The minimum Gasteiger partial charge on any atom is -0.453 e. The van der Waals surface area contributed by atoms with Gasteiger partial charge in [-0.2, -0.15) is 0 Å². The van der Waals surface area contributed by atoms with E-state index in [0.29, 0.717) is 47.5 Å². The van der Waals surface area contributed by atoms with Crippen molar-refractivity contribution < 1.29 is 28.0 Å². The van der Waals surface area contributed by atoms with Gasteiger partial charge in [0.25, 0.3) is 5.91 Å². The summed E-state index contributed by atoms with van der Waals surface area (Å²) in [5.74, 6) is -1.75. The number of halogens is 2. The average Bonchev–Trinajstić information content (AvgIpc) is 3.38. The van der Waals surface area contributed by atoms with Crippen LogP contribution in [0.2, 0.25) is 5.02 Å². The lowest BCUT2D eigenvalue weighted by Crippen LogP contribution is -2.30. The van der Waals surface area contributed by atoms with E-state index >= 15 is 0 Å². The van der Waals surface area contributed by atoms with Crippen LogP contribution in [0.1, 0.15) is 54.0 Å². The maximum absolute atomic E-state index is 14.7. The van der Waals surface area contributed by atoms with Gasteiger partial charge in [0.05, 0.1) is 29.6 Å². The molecule has 5 rings (SSSR count). The van der Waals surface area contributed by atoms with E-state index in [1.807, 2.05) is 13.0 Å². The second-order valence-corrected chi connectivity index (χ2v) is 10.7. The molecule has 0 fully saturated rings. The van der Waals surface area contributed by atoms with Gasteiger partial charge in [-0.15, -0.1) is 0 Å². The maximum atomic E-state index is 14.7. The van der Waals surface area contributed by atoms with E-state index in [0.717, 1.165) is 5.56 Å². The number of pyridine rings is 1. The Morgan fingerprint density at radius 2 is 1.95 bits per heavy atom. The second-order valence-electron chi connectivity index (χ2n) is 10.3. The number of methoxy groups -OCH3 is 1. The molecule has 10 nitrogen and oxygen atoms in total. The fraction of sp³-hybridized carbons (Fsp3) is 0.258. The highest BCUT2D eigenvalue weighted by Crippen LogP contribution is 2.35. The first-order valence-electron chi connectivity index (χ1n) is 13.6. The van der Waals surface area contributed by atoms with Gasteiger partial charge >= 0.3 is 6.09 Å². The van der Waals surface area contributed by atoms with Crippen LogP contribution in [0.4, 0.5) is 20.6 Å². The second kappa shape index (κ2) is 12.6. The summed E-state index contributed by atoms with van der Waals surface area (Å²) < 4.78 is 24.7. The first kappa shape index (κ1) is 29.7. The molecule has 0 saturated carbocycles. The van der Waals surface area contributed by atoms with E-state index in [1.54, 1.807) is 43.5 Å². The summed E-state index contributed by atoms with van der Waals surface area (Å²) in [5.41, 5.74) is 3.67. The standard InChI is InChI=1S/C31H29ClFN5O5/c1-16-6-4-9-23(36-30(40)28-17(2)27(38-43-28)21-7-5-8-22(32)26(21)33)25-14-18(12-13-34-25)20-11-10-19(35-31(41)42-3)15-24(20)37-29(16)39/h5,7-8,10-16,23H,4,6,9H2,1-3H3,(H,35,41)(H,36,40)(H,37,39)/t16-,23+/m1/s1. The molecule has 1 aliphatic heterocycles. The summed E-state index contributed by atoms with van der Waals surface area (Å²) in [6.07, 6.45) is 2.65. The van der Waals surface area contributed by atoms with E-state index in [-0.39, 0.29) is 33.9 Å². The predicted octanol–water partition coefficient (Wildman–Crippen LogP) is 6.91. The molecule has 222 valence electrons. The third-order valence-electron chi connectivity index (χ3n) is 7.38. The summed E-state index contributed by atoms with van der Waals surface area (Å²) in [7, 11) is 1.27. The van der Waals surface area contributed by atoms with Crippen molar-refractivity contribution in [1.82, 2.24) is 15.5 Å². The molecule has 3 amide bonds. The van der Waals surface area contributed by atoms with Crippen molar-refractivity contribution in [1.29, 1.82) is 0 Å². The van der Waals surface area contributed by atoms with Crippen LogP contribution in [-0.4, -0.2) is 35.2 Å². The number of rotatable bonds is 4. The highest BCUT2D eigenvalue weighted by Gasteiger charge is 2.27. The lowest BCUT2D eigenvalue weighted by atomic mass is 9.95. The first-order chi connectivity index (χ1) is 20.7. The zero-order valence-electron chi connectivity index (χ0n) is 23.7. The van der Waals surface area contributed by atoms with Gasteiger partial charge in [-0.25, -0.2) is 9.18 Å². The molecule has 43 heavy (non-hydrogen) atoms. The highest BCUT2D eigenvalue weighted by atomic mass is 35.5. The Morgan fingerprint density at radius 1 is 1.14 bits per heavy atom. The lowest BCUT2D eigenvalue weighted by molar-refractivity contribution is -0.119. The Bertz CT molecular complexity index is 1710. The van der Waals surface area contributed by atoms with Crippen LogP contribution < -0.4 is 16.0 Å². The van der Waals surface area contributed by atoms with Crippen LogP contribution in [-0.2, 0) is 9.53 Å². The molecule has 0 spiro atoms. The minimum atomic E-state index is -0.653. The van der Waals surface area contributed by atoms with Crippen molar-refractivity contribution in [3.63, 3.8) is 0 Å². The number of hydrogen-bond donors (Lipinski definition) is 3. The van der Waals surface area contributed by atoms with Crippen molar-refractivity contribution in [2.45, 2.75) is 39.2 Å². The topological polar surface area (TPSA) is 135 Å². The number of aromatic nitrogens is 2. The van der Waals surface area contributed by atoms with Crippen LogP contribution in [0.15, 0.2) is 59.3 Å². The molecule has 2 atom stereocenters. The van der Waals surface area contributed by atoms with Crippen molar-refractivity contribution in [3.05, 3.63) is 82.6 Å². The van der Waals surface area contributed by atoms with E-state index in [9.17, 15) is 18.8 Å². The molecule has 0 saturated heterocycles. The summed E-state index contributed by atoms with van der Waals surface area (Å²) in [5, 5.41) is 12.5. The van der Waals surface area contributed by atoms with Crippen molar-refractivity contribution in [3.8, 4) is 22.4 Å². The number of fused-ring (bicyclic) bond motifs is 4. The molecule has 3 N–H and O–H groups in total. The van der Waals surface area contributed by atoms with Gasteiger partial charge in [0.1, 0.15) is 5.69 Å². The number of carbonyl (C=O) groups is 3. The predicted molar refractivity (Wildman–Crippen MR) is 159 cm³/mol. The number of carbonyl (C=O) groups excluding carboxylic acids is 3. The molecule has 0 radical (unpaired) electrons. The van der Waals surface area contributed by atoms with Crippen LogP contribution in [0.3, 0.4) is 0 Å². The first-order valence-corrected chi connectivity index (χ1v) is 14.0. The largest absolute Gasteiger partial charge is 0.453 e. The Hall–Kier alpha value is -4.77. The van der Waals surface area contributed by atoms with Crippen molar-refractivity contribution >= 4 is 40.9 Å². The van der Waals surface area contributed by atoms with Crippen molar-refractivity contribution in [2.75, 3.05) is 17.7 Å². The van der Waals surface area contributed by atoms with Crippen LogP contribution in [0, 0.1) is 18.7 Å². The van der Waals surface area contributed by atoms with Gasteiger partial charge in [0.15, 0.2) is 5.82 Å². The van der Waals surface area contributed by atoms with Gasteiger partial charge < -0.3 is 19.9 Å². The lowest BCUT2D eigenvalue weighted by Gasteiger charge is -2.22. The van der Waals surface area contributed by atoms with Crippen LogP contribution >= 0.6 is 11.6 Å². The number of anilines is 2. The fourth-order valence-electron chi connectivity index (χ4n) is 4.97. The Balaban J connectivity index is 1.48. The average molecular weight is 606 g/mol. The van der Waals surface area contributed by atoms with Gasteiger partial charge in [0, 0.05) is 34.5 Å². The summed E-state index contributed by atoms with van der Waals surface area (Å²) in [4.78, 5) is 42.9. The fourth-order valence-corrected chi connectivity index (χ4v) is 5.15. The number of nitrogens with zero attached hydrogens (tertiary/aromatic N) is 2. The van der Waals surface area contributed by atoms with E-state index in [4.69, 9.17) is 16.1 Å². The SMILES string of the molecule is COC(=O)Nc1ccc2c(c1)NC(=O)[C@H](C)CCC[C@H](NC(=O)c1onc(-c3cccc(Cl)c3F)c1C)c1cc-2ccn1. The van der Waals surface area contributed by atoms with E-state index in [2.05, 4.69) is 30.8 Å². The monoisotopic (exact) mass is 605 g/mol. The van der Waals surface area contributed by atoms with Gasteiger partial charge in [-0.3, -0.25) is 19.9 Å². The molecule has 12 heteroatoms.